The molecule has 3 heterocycles. The summed E-state index contributed by atoms with van der Waals surface area (Å²) in [5.41, 5.74) is 4.22. The van der Waals surface area contributed by atoms with E-state index in [0.29, 0.717) is 25.0 Å². The van der Waals surface area contributed by atoms with Crippen LogP contribution in [0.1, 0.15) is 58.6 Å². The summed E-state index contributed by atoms with van der Waals surface area (Å²) in [4.78, 5) is 98.0. The molecule has 1 fully saturated rings. The van der Waals surface area contributed by atoms with Crippen molar-refractivity contribution in [1.82, 2.24) is 30.2 Å². The van der Waals surface area contributed by atoms with Crippen LogP contribution in [0.5, 0.6) is 0 Å². The maximum Gasteiger partial charge on any atom is 0.481 e. The number of nitrogens with two attached hydrogens (primary N) is 1. The van der Waals surface area contributed by atoms with Crippen molar-refractivity contribution in [3.63, 3.8) is 0 Å². The number of aromatic nitrogens is 4. The number of ether oxygens (including phenoxy) is 1. The van der Waals surface area contributed by atoms with Gasteiger partial charge in [0.2, 0.25) is 11.8 Å². The van der Waals surface area contributed by atoms with Gasteiger partial charge in [-0.05, 0) is 12.8 Å². The van der Waals surface area contributed by atoms with E-state index in [1.807, 2.05) is 0 Å². The average molecular weight is 910 g/mol. The molecule has 3 rings (SSSR count). The second-order valence-electron chi connectivity index (χ2n) is 13.2. The Morgan fingerprint density at radius 2 is 1.66 bits per heavy atom. The summed E-state index contributed by atoms with van der Waals surface area (Å²) >= 11 is 1.02. The Hall–Kier alpha value is -2.97. The van der Waals surface area contributed by atoms with Gasteiger partial charge < -0.3 is 56.0 Å². The molecule has 30 heteroatoms. The van der Waals surface area contributed by atoms with Crippen LogP contribution in [0.15, 0.2) is 12.7 Å². The van der Waals surface area contributed by atoms with Crippen molar-refractivity contribution in [2.45, 2.75) is 83.0 Å². The first-order chi connectivity index (χ1) is 26.9. The number of nitrogen functional groups attached to an aromatic ring is 1. The predicted molar refractivity (Wildman–Crippen MR) is 198 cm³/mol. The predicted octanol–water partition coefficient (Wildman–Crippen LogP) is -0.300. The van der Waals surface area contributed by atoms with Gasteiger partial charge in [-0.1, -0.05) is 32.0 Å². The third-order valence-corrected chi connectivity index (χ3v) is 12.1. The van der Waals surface area contributed by atoms with E-state index in [9.17, 15) is 62.7 Å². The number of nitrogens with zero attached hydrogens (tertiary/aromatic N) is 4. The molecular weight excluding hydrogens is 863 g/mol. The maximum absolute atomic E-state index is 12.7. The summed E-state index contributed by atoms with van der Waals surface area (Å²) in [6.07, 6.45) is -5.05. The van der Waals surface area contributed by atoms with Crippen LogP contribution >= 0.6 is 35.2 Å². The van der Waals surface area contributed by atoms with Crippen LogP contribution in [0, 0.1) is 5.41 Å². The quantitative estimate of drug-likeness (QED) is 0.0451. The Bertz CT molecular complexity index is 1900. The number of carbonyl (C=O) groups is 4. The molecule has 3 unspecified atom stereocenters. The minimum Gasteiger partial charge on any atom is -0.481 e. The third-order valence-electron chi connectivity index (χ3n) is 8.04. The molecule has 1 aliphatic heterocycles. The van der Waals surface area contributed by atoms with Crippen molar-refractivity contribution in [2.24, 2.45) is 5.41 Å². The van der Waals surface area contributed by atoms with E-state index in [1.165, 1.54) is 13.8 Å². The van der Waals surface area contributed by atoms with E-state index in [2.05, 4.69) is 34.4 Å². The number of aliphatic hydroxyl groups is 2. The molecule has 58 heavy (non-hydrogen) atoms. The highest BCUT2D eigenvalue weighted by Crippen LogP contribution is 2.61. The van der Waals surface area contributed by atoms with Gasteiger partial charge in [0.15, 0.2) is 22.8 Å². The molecule has 2 aromatic heterocycles. The highest BCUT2D eigenvalue weighted by molar-refractivity contribution is 8.13. The van der Waals surface area contributed by atoms with Crippen LogP contribution in [0.2, 0.25) is 0 Å². The molecule has 1 saturated heterocycles. The molecule has 0 spiro atoms. The van der Waals surface area contributed by atoms with Crippen LogP contribution in [0.25, 0.3) is 11.2 Å². The molecule has 2 aromatic rings. The van der Waals surface area contributed by atoms with Crippen LogP contribution in [0.3, 0.4) is 0 Å². The number of amides is 2. The number of nitrogens with one attached hydrogen (secondary N) is 2. The molecule has 0 radical (unpaired) electrons. The van der Waals surface area contributed by atoms with Gasteiger partial charge in [0.25, 0.3) is 0 Å². The number of hydrogen-bond acceptors (Lipinski definition) is 19. The van der Waals surface area contributed by atoms with Crippen molar-refractivity contribution >= 4 is 75.1 Å². The maximum atomic E-state index is 12.7. The number of phosphoric ester groups is 3. The normalized spacial score (nSPS) is 21.2. The number of carboxylic acids is 1. The summed E-state index contributed by atoms with van der Waals surface area (Å²) in [6, 6.07) is 0. The highest BCUT2D eigenvalue weighted by Gasteiger charge is 2.50. The minimum atomic E-state index is -5.58. The zero-order valence-corrected chi connectivity index (χ0v) is 34.5. The number of phosphoric acid groups is 3. The topological polar surface area (TPSA) is 401 Å². The number of aliphatic carboxylic acids is 1. The number of carbonyl (C=O) groups excluding carboxylic acids is 3. The molecule has 328 valence electrons. The number of hydrogen-bond donors (Lipinski definition) is 10. The Kier molecular flexibility index (Phi) is 18.3. The van der Waals surface area contributed by atoms with Gasteiger partial charge in [-0.15, -0.1) is 0 Å². The van der Waals surface area contributed by atoms with E-state index in [0.717, 1.165) is 29.0 Å². The molecule has 11 N–H and O–H groups in total. The summed E-state index contributed by atoms with van der Waals surface area (Å²) in [7, 11) is -16.4. The Morgan fingerprint density at radius 3 is 2.33 bits per heavy atom. The highest BCUT2D eigenvalue weighted by atomic mass is 32.2. The van der Waals surface area contributed by atoms with Crippen molar-refractivity contribution in [2.75, 3.05) is 37.8 Å². The lowest BCUT2D eigenvalue weighted by atomic mass is 9.87. The third kappa shape index (κ3) is 15.9. The van der Waals surface area contributed by atoms with Crippen LogP contribution in [-0.2, 0) is 55.5 Å². The largest absolute Gasteiger partial charge is 0.481 e. The van der Waals surface area contributed by atoms with Crippen molar-refractivity contribution < 1.29 is 90.4 Å². The lowest BCUT2D eigenvalue weighted by Crippen LogP contribution is -2.46. The fraction of sp³-hybridized carbons (Fsp3) is 0.679. The van der Waals surface area contributed by atoms with E-state index in [4.69, 9.17) is 24.6 Å². The van der Waals surface area contributed by atoms with Gasteiger partial charge in [-0.25, -0.2) is 28.6 Å². The van der Waals surface area contributed by atoms with Gasteiger partial charge in [0.1, 0.15) is 36.3 Å². The number of anilines is 1. The monoisotopic (exact) mass is 909 g/mol. The zero-order valence-electron chi connectivity index (χ0n) is 31.0. The van der Waals surface area contributed by atoms with Gasteiger partial charge in [-0.2, -0.15) is 4.31 Å². The summed E-state index contributed by atoms with van der Waals surface area (Å²) in [5.74, 6) is -2.12. The molecular formula is C28H46N7O19P3S. The number of carboxylic acid groups (broad SMARTS) is 1. The van der Waals surface area contributed by atoms with E-state index < -0.39 is 90.5 Å². The van der Waals surface area contributed by atoms with E-state index in [-0.39, 0.29) is 54.4 Å². The minimum absolute atomic E-state index is 0.0226. The number of fused-ring (bicyclic) bond motifs is 1. The molecule has 0 aromatic carbocycles. The van der Waals surface area contributed by atoms with Gasteiger partial charge in [-0.3, -0.25) is 37.3 Å². The fourth-order valence-electron chi connectivity index (χ4n) is 5.09. The van der Waals surface area contributed by atoms with Crippen LogP contribution < -0.4 is 16.4 Å². The summed E-state index contributed by atoms with van der Waals surface area (Å²) < 4.78 is 62.0. The number of imidazole rings is 1. The second-order valence-corrected chi connectivity index (χ2v) is 18.6. The molecule has 2 amide bonds. The Morgan fingerprint density at radius 1 is 0.983 bits per heavy atom. The Labute approximate surface area is 334 Å². The second kappa shape index (κ2) is 21.5. The first kappa shape index (κ1) is 49.4. The lowest BCUT2D eigenvalue weighted by molar-refractivity contribution is -0.137. The van der Waals surface area contributed by atoms with Crippen molar-refractivity contribution in [1.29, 1.82) is 0 Å². The Balaban J connectivity index is 1.44. The SMILES string of the molecule is CC(C)(COP(=O)(O)OP(=O)(O)OC[C@H]1O[C@@H](n2cnc3c(N)ncnc32)[C@H](O)[C@@H]1OP(=O)(O)O)C(O)C(=O)NCCC(=O)NCCSC(=O)CCCCCC(=O)O. The standard InChI is InChI=1S/C28H46N7O19P3S/c1-28(2,23(41)26(42)31-9-8-17(36)30-10-11-58-19(39)7-5-3-4-6-18(37)38)13-51-57(48,49)54-56(46,47)50-12-16-22(53-55(43,44)45)21(40)27(52-16)35-15-34-20-24(29)32-14-33-25(20)35/h14-16,21-23,27,40-41H,3-13H2,1-2H3,(H,30,36)(H,31,42)(H,37,38)(H,46,47)(H,48,49)(H2,29,32,33)(H2,43,44,45)/t16-,21-,22-,23?,27-/m1/s1. The number of thioether (sulfide) groups is 1. The van der Waals surface area contributed by atoms with Crippen molar-refractivity contribution in [3.8, 4) is 0 Å². The van der Waals surface area contributed by atoms with E-state index >= 15 is 0 Å². The molecule has 26 nitrogen and oxygen atoms in total. The van der Waals surface area contributed by atoms with Gasteiger partial charge in [0.05, 0.1) is 19.5 Å². The fourth-order valence-corrected chi connectivity index (χ4v) is 8.64. The first-order valence-electron chi connectivity index (χ1n) is 17.2. The molecule has 7 atom stereocenters. The lowest BCUT2D eigenvalue weighted by Gasteiger charge is -2.30. The molecule has 0 saturated carbocycles. The average Bonchev–Trinajstić information content (AvgIpc) is 3.67. The van der Waals surface area contributed by atoms with Crippen LogP contribution in [0.4, 0.5) is 5.82 Å². The van der Waals surface area contributed by atoms with E-state index in [1.54, 1.807) is 0 Å². The van der Waals surface area contributed by atoms with Crippen LogP contribution in [-0.4, -0.2) is 134 Å². The molecule has 1 aliphatic rings. The molecule has 0 aliphatic carbocycles. The number of rotatable bonds is 25. The summed E-state index contributed by atoms with van der Waals surface area (Å²) in [5, 5.41) is 34.8. The summed E-state index contributed by atoms with van der Waals surface area (Å²) in [6.45, 7) is 0.355. The number of unbranched alkanes of at least 4 members (excludes halogenated alkanes) is 2. The van der Waals surface area contributed by atoms with Crippen molar-refractivity contribution in [3.05, 3.63) is 12.7 Å². The number of aliphatic hydroxyl groups excluding tert-OH is 2. The van der Waals surface area contributed by atoms with Gasteiger partial charge in [0, 0.05) is 43.5 Å². The molecule has 0 bridgehead atoms. The zero-order chi connectivity index (χ0) is 43.5. The van der Waals surface area contributed by atoms with Gasteiger partial charge >= 0.3 is 29.4 Å². The smallest absolute Gasteiger partial charge is 0.481 e. The first-order valence-corrected chi connectivity index (χ1v) is 22.7.